The fourth-order valence-corrected chi connectivity index (χ4v) is 2.30. The molecular weight excluding hydrogens is 232 g/mol. The molecule has 0 aliphatic carbocycles. The zero-order valence-corrected chi connectivity index (χ0v) is 11.5. The van der Waals surface area contributed by atoms with E-state index in [1.54, 1.807) is 0 Å². The molecule has 1 aromatic carbocycles. The minimum absolute atomic E-state index is 0.466. The minimum Gasteiger partial charge on any atom is -0.310 e. The van der Waals surface area contributed by atoms with Crippen molar-refractivity contribution in [2.45, 2.75) is 32.2 Å². The Morgan fingerprint density at radius 3 is 2.47 bits per heavy atom. The third-order valence-electron chi connectivity index (χ3n) is 3.33. The van der Waals surface area contributed by atoms with Gasteiger partial charge in [-0.25, -0.2) is 0 Å². The van der Waals surface area contributed by atoms with Crippen molar-refractivity contribution < 1.29 is 0 Å². The van der Waals surface area contributed by atoms with Gasteiger partial charge in [0.05, 0.1) is 0 Å². The molecule has 1 N–H and O–H groups in total. The van der Waals surface area contributed by atoms with Crippen LogP contribution in [0.3, 0.4) is 0 Å². The lowest BCUT2D eigenvalue weighted by Crippen LogP contribution is -2.23. The normalized spacial score (nSPS) is 12.3. The van der Waals surface area contributed by atoms with Gasteiger partial charge < -0.3 is 5.32 Å². The smallest absolute Gasteiger partial charge is 0.0320 e. The predicted octanol–water partition coefficient (Wildman–Crippen LogP) is 3.76. The molecule has 2 heteroatoms. The lowest BCUT2D eigenvalue weighted by molar-refractivity contribution is 0.497. The second-order valence-electron chi connectivity index (χ2n) is 4.81. The molecule has 2 rings (SSSR count). The zero-order chi connectivity index (χ0) is 13.3. The Hall–Kier alpha value is -1.67. The van der Waals surface area contributed by atoms with Gasteiger partial charge in [-0.3, -0.25) is 4.98 Å². The Morgan fingerprint density at radius 1 is 1.05 bits per heavy atom. The molecule has 0 fully saturated rings. The van der Waals surface area contributed by atoms with Crippen molar-refractivity contribution in [2.24, 2.45) is 0 Å². The molecule has 0 amide bonds. The Balaban J connectivity index is 1.87. The highest BCUT2D eigenvalue weighted by atomic mass is 14.9. The minimum atomic E-state index is 0.466. The lowest BCUT2D eigenvalue weighted by atomic mass is 10.0. The summed E-state index contributed by atoms with van der Waals surface area (Å²) in [6.07, 6.45) is 7.14. The SMILES string of the molecule is CCCC(NCCc1ccncc1)c1ccccc1. The van der Waals surface area contributed by atoms with Gasteiger partial charge in [-0.1, -0.05) is 43.7 Å². The number of rotatable bonds is 7. The van der Waals surface area contributed by atoms with Crippen molar-refractivity contribution in [1.82, 2.24) is 10.3 Å². The van der Waals surface area contributed by atoms with Gasteiger partial charge in [0, 0.05) is 18.4 Å². The van der Waals surface area contributed by atoms with E-state index in [2.05, 4.69) is 59.7 Å². The number of nitrogens with zero attached hydrogens (tertiary/aromatic N) is 1. The van der Waals surface area contributed by atoms with E-state index in [0.29, 0.717) is 6.04 Å². The van der Waals surface area contributed by atoms with Crippen LogP contribution in [0.15, 0.2) is 54.9 Å². The Morgan fingerprint density at radius 2 is 1.79 bits per heavy atom. The summed E-state index contributed by atoms with van der Waals surface area (Å²) in [4.78, 5) is 4.05. The first kappa shape index (κ1) is 13.8. The number of pyridine rings is 1. The third kappa shape index (κ3) is 4.49. The first-order valence-corrected chi connectivity index (χ1v) is 7.07. The monoisotopic (exact) mass is 254 g/mol. The number of nitrogens with one attached hydrogen (secondary N) is 1. The molecule has 0 aliphatic heterocycles. The second kappa shape index (κ2) is 7.70. The summed E-state index contributed by atoms with van der Waals surface area (Å²) in [7, 11) is 0. The summed E-state index contributed by atoms with van der Waals surface area (Å²) in [5.41, 5.74) is 2.73. The Labute approximate surface area is 115 Å². The highest BCUT2D eigenvalue weighted by Crippen LogP contribution is 2.17. The van der Waals surface area contributed by atoms with Gasteiger partial charge in [0.1, 0.15) is 0 Å². The van der Waals surface area contributed by atoms with Crippen LogP contribution >= 0.6 is 0 Å². The average molecular weight is 254 g/mol. The van der Waals surface area contributed by atoms with E-state index in [-0.39, 0.29) is 0 Å². The fourth-order valence-electron chi connectivity index (χ4n) is 2.30. The maximum Gasteiger partial charge on any atom is 0.0320 e. The highest BCUT2D eigenvalue weighted by molar-refractivity contribution is 5.19. The van der Waals surface area contributed by atoms with Crippen molar-refractivity contribution in [3.63, 3.8) is 0 Å². The number of benzene rings is 1. The van der Waals surface area contributed by atoms with Crippen LogP contribution in [0.5, 0.6) is 0 Å². The van der Waals surface area contributed by atoms with E-state index >= 15 is 0 Å². The molecule has 100 valence electrons. The van der Waals surface area contributed by atoms with Crippen LogP contribution in [0, 0.1) is 0 Å². The molecule has 19 heavy (non-hydrogen) atoms. The van der Waals surface area contributed by atoms with Crippen molar-refractivity contribution in [2.75, 3.05) is 6.54 Å². The van der Waals surface area contributed by atoms with Crippen LogP contribution in [-0.4, -0.2) is 11.5 Å². The summed E-state index contributed by atoms with van der Waals surface area (Å²) >= 11 is 0. The lowest BCUT2D eigenvalue weighted by Gasteiger charge is -2.18. The van der Waals surface area contributed by atoms with Gasteiger partial charge in [0.25, 0.3) is 0 Å². The van der Waals surface area contributed by atoms with Gasteiger partial charge in [-0.2, -0.15) is 0 Å². The van der Waals surface area contributed by atoms with Crippen molar-refractivity contribution in [3.8, 4) is 0 Å². The molecule has 0 spiro atoms. The summed E-state index contributed by atoms with van der Waals surface area (Å²) in [6.45, 7) is 3.24. The third-order valence-corrected chi connectivity index (χ3v) is 3.33. The van der Waals surface area contributed by atoms with Crippen molar-refractivity contribution in [3.05, 3.63) is 66.0 Å². The van der Waals surface area contributed by atoms with Gasteiger partial charge in [0.2, 0.25) is 0 Å². The van der Waals surface area contributed by atoms with E-state index in [4.69, 9.17) is 0 Å². The molecule has 0 radical (unpaired) electrons. The van der Waals surface area contributed by atoms with Gasteiger partial charge in [0.15, 0.2) is 0 Å². The van der Waals surface area contributed by atoms with Crippen molar-refractivity contribution >= 4 is 0 Å². The maximum absolute atomic E-state index is 4.05. The first-order chi connectivity index (χ1) is 9.40. The van der Waals surface area contributed by atoms with Crippen LogP contribution in [-0.2, 0) is 6.42 Å². The average Bonchev–Trinajstić information content (AvgIpc) is 2.48. The molecule has 0 saturated carbocycles. The molecule has 2 aromatic rings. The molecule has 0 bridgehead atoms. The van der Waals surface area contributed by atoms with Gasteiger partial charge in [-0.15, -0.1) is 0 Å². The van der Waals surface area contributed by atoms with Gasteiger partial charge >= 0.3 is 0 Å². The van der Waals surface area contributed by atoms with Crippen LogP contribution < -0.4 is 5.32 Å². The van der Waals surface area contributed by atoms with Crippen LogP contribution in [0.4, 0.5) is 0 Å². The fraction of sp³-hybridized carbons (Fsp3) is 0.353. The molecule has 1 atom stereocenters. The zero-order valence-electron chi connectivity index (χ0n) is 11.5. The van der Waals surface area contributed by atoms with Crippen LogP contribution in [0.1, 0.15) is 36.9 Å². The number of hydrogen-bond acceptors (Lipinski definition) is 2. The largest absolute Gasteiger partial charge is 0.310 e. The van der Waals surface area contributed by atoms with Crippen molar-refractivity contribution in [1.29, 1.82) is 0 Å². The van der Waals surface area contributed by atoms with Gasteiger partial charge in [-0.05, 0) is 42.6 Å². The second-order valence-corrected chi connectivity index (χ2v) is 4.81. The summed E-state index contributed by atoms with van der Waals surface area (Å²) < 4.78 is 0. The molecule has 1 heterocycles. The topological polar surface area (TPSA) is 24.9 Å². The van der Waals surface area contributed by atoms with E-state index in [1.165, 1.54) is 24.0 Å². The Bertz CT molecular complexity index is 453. The van der Waals surface area contributed by atoms with E-state index in [0.717, 1.165) is 13.0 Å². The summed E-state index contributed by atoms with van der Waals surface area (Å²) in [6, 6.07) is 15.3. The highest BCUT2D eigenvalue weighted by Gasteiger charge is 2.08. The number of hydrogen-bond donors (Lipinski definition) is 1. The molecule has 1 aromatic heterocycles. The Kier molecular flexibility index (Phi) is 5.57. The van der Waals surface area contributed by atoms with Crippen LogP contribution in [0.25, 0.3) is 0 Å². The number of aromatic nitrogens is 1. The molecule has 0 saturated heterocycles. The van der Waals surface area contributed by atoms with E-state index in [9.17, 15) is 0 Å². The quantitative estimate of drug-likeness (QED) is 0.814. The molecule has 0 aliphatic rings. The standard InChI is InChI=1S/C17H22N2/c1-2-6-17(16-7-4-3-5-8-16)19-14-11-15-9-12-18-13-10-15/h3-5,7-10,12-13,17,19H,2,6,11,14H2,1H3. The molecular formula is C17H22N2. The van der Waals surface area contributed by atoms with Crippen LogP contribution in [0.2, 0.25) is 0 Å². The maximum atomic E-state index is 4.05. The first-order valence-electron chi connectivity index (χ1n) is 7.07. The summed E-state index contributed by atoms with van der Waals surface area (Å²) in [5, 5.41) is 3.67. The molecule has 2 nitrogen and oxygen atoms in total. The summed E-state index contributed by atoms with van der Waals surface area (Å²) in [5.74, 6) is 0. The molecule has 1 unspecified atom stereocenters. The van der Waals surface area contributed by atoms with E-state index in [1.807, 2.05) is 12.4 Å². The van der Waals surface area contributed by atoms with E-state index < -0.39 is 0 Å². The predicted molar refractivity (Wildman–Crippen MR) is 80.0 cm³/mol.